The molecule has 5 rings (SSSR count). The fourth-order valence-electron chi connectivity index (χ4n) is 4.28. The summed E-state index contributed by atoms with van der Waals surface area (Å²) in [6.45, 7) is 1.39. The Labute approximate surface area is 230 Å². The number of nitrogens with zero attached hydrogens (tertiary/aromatic N) is 6. The SMILES string of the molecule is O=C(Cc1cccnc1)Nc1ccc(N2CCC(c3nnc(NC(=O)Cc4ccc(F)c(F)c4F)s3)CC2)nn1. The lowest BCUT2D eigenvalue weighted by molar-refractivity contribution is -0.116. The van der Waals surface area contributed by atoms with Gasteiger partial charge in [0.2, 0.25) is 16.9 Å². The summed E-state index contributed by atoms with van der Waals surface area (Å²) in [5.41, 5.74) is 0.547. The highest BCUT2D eigenvalue weighted by molar-refractivity contribution is 7.15. The first kappa shape index (κ1) is 27.1. The zero-order valence-electron chi connectivity index (χ0n) is 21.0. The van der Waals surface area contributed by atoms with Crippen molar-refractivity contribution in [3.8, 4) is 0 Å². The second-order valence-corrected chi connectivity index (χ2v) is 10.1. The monoisotopic (exact) mass is 568 g/mol. The number of benzene rings is 1. The molecule has 1 aliphatic rings. The van der Waals surface area contributed by atoms with Gasteiger partial charge >= 0.3 is 0 Å². The molecule has 0 radical (unpaired) electrons. The number of piperidine rings is 1. The highest BCUT2D eigenvalue weighted by Crippen LogP contribution is 2.33. The van der Waals surface area contributed by atoms with E-state index in [4.69, 9.17) is 0 Å². The number of pyridine rings is 1. The lowest BCUT2D eigenvalue weighted by atomic mass is 9.98. The van der Waals surface area contributed by atoms with Gasteiger partial charge in [0.05, 0.1) is 12.8 Å². The second-order valence-electron chi connectivity index (χ2n) is 9.13. The average molecular weight is 569 g/mol. The van der Waals surface area contributed by atoms with Gasteiger partial charge in [-0.25, -0.2) is 13.2 Å². The van der Waals surface area contributed by atoms with Crippen molar-refractivity contribution in [1.82, 2.24) is 25.4 Å². The van der Waals surface area contributed by atoms with Crippen molar-refractivity contribution in [2.24, 2.45) is 0 Å². The molecular weight excluding hydrogens is 545 g/mol. The third-order valence-electron chi connectivity index (χ3n) is 6.33. The number of amides is 2. The molecule has 0 spiro atoms. The number of halogens is 3. The lowest BCUT2D eigenvalue weighted by Crippen LogP contribution is -2.33. The van der Waals surface area contributed by atoms with E-state index in [2.05, 4.69) is 40.9 Å². The minimum absolute atomic E-state index is 0.127. The van der Waals surface area contributed by atoms with Crippen molar-refractivity contribution in [2.45, 2.75) is 31.6 Å². The van der Waals surface area contributed by atoms with Crippen LogP contribution < -0.4 is 15.5 Å². The van der Waals surface area contributed by atoms with Crippen LogP contribution in [0.25, 0.3) is 0 Å². The summed E-state index contributed by atoms with van der Waals surface area (Å²) in [5, 5.41) is 22.8. The second kappa shape index (κ2) is 12.2. The molecule has 1 aliphatic heterocycles. The first-order valence-corrected chi connectivity index (χ1v) is 13.2. The van der Waals surface area contributed by atoms with Crippen LogP contribution in [0, 0.1) is 17.5 Å². The van der Waals surface area contributed by atoms with E-state index in [1.165, 1.54) is 11.3 Å². The molecule has 1 fully saturated rings. The van der Waals surface area contributed by atoms with Crippen LogP contribution in [0.2, 0.25) is 0 Å². The van der Waals surface area contributed by atoms with Gasteiger partial charge in [-0.05, 0) is 42.7 Å². The van der Waals surface area contributed by atoms with Crippen LogP contribution in [-0.2, 0) is 22.4 Å². The van der Waals surface area contributed by atoms with Crippen LogP contribution in [0.3, 0.4) is 0 Å². The number of hydrogen-bond acceptors (Lipinski definition) is 9. The maximum atomic E-state index is 13.9. The quantitative estimate of drug-likeness (QED) is 0.307. The van der Waals surface area contributed by atoms with Crippen molar-refractivity contribution in [2.75, 3.05) is 28.6 Å². The summed E-state index contributed by atoms with van der Waals surface area (Å²) < 4.78 is 40.4. The molecule has 1 saturated heterocycles. The molecule has 0 aliphatic carbocycles. The number of hydrogen-bond donors (Lipinski definition) is 2. The predicted molar refractivity (Wildman–Crippen MR) is 141 cm³/mol. The van der Waals surface area contributed by atoms with E-state index >= 15 is 0 Å². The van der Waals surface area contributed by atoms with Crippen molar-refractivity contribution in [3.05, 3.63) is 82.4 Å². The number of aromatic nitrogens is 5. The van der Waals surface area contributed by atoms with Gasteiger partial charge in [-0.2, -0.15) is 0 Å². The minimum Gasteiger partial charge on any atom is -0.355 e. The fourth-order valence-corrected chi connectivity index (χ4v) is 5.21. The molecule has 206 valence electrons. The molecule has 2 N–H and O–H groups in total. The maximum Gasteiger partial charge on any atom is 0.230 e. The number of nitrogens with one attached hydrogen (secondary N) is 2. The van der Waals surface area contributed by atoms with E-state index in [-0.39, 0.29) is 28.9 Å². The third-order valence-corrected chi connectivity index (χ3v) is 7.33. The molecule has 3 aromatic heterocycles. The van der Waals surface area contributed by atoms with E-state index in [0.29, 0.717) is 24.7 Å². The highest BCUT2D eigenvalue weighted by Gasteiger charge is 2.25. The molecular formula is C26H23F3N8O2S. The van der Waals surface area contributed by atoms with E-state index in [0.717, 1.165) is 35.5 Å². The molecule has 2 amide bonds. The summed E-state index contributed by atoms with van der Waals surface area (Å²) in [6, 6.07) is 8.92. The molecule has 10 nitrogen and oxygen atoms in total. The van der Waals surface area contributed by atoms with Gasteiger partial charge in [-0.15, -0.1) is 20.4 Å². The summed E-state index contributed by atoms with van der Waals surface area (Å²) in [6.07, 6.45) is 4.55. The van der Waals surface area contributed by atoms with Gasteiger partial charge in [-0.1, -0.05) is 23.5 Å². The first-order valence-electron chi connectivity index (χ1n) is 12.4. The van der Waals surface area contributed by atoms with Crippen molar-refractivity contribution in [3.63, 3.8) is 0 Å². The van der Waals surface area contributed by atoms with Gasteiger partial charge in [0, 0.05) is 37.0 Å². The molecule has 40 heavy (non-hydrogen) atoms. The van der Waals surface area contributed by atoms with E-state index in [1.54, 1.807) is 30.6 Å². The minimum atomic E-state index is -1.61. The van der Waals surface area contributed by atoms with Gasteiger partial charge in [-0.3, -0.25) is 14.6 Å². The van der Waals surface area contributed by atoms with Crippen LogP contribution in [0.15, 0.2) is 48.8 Å². The van der Waals surface area contributed by atoms with Crippen LogP contribution in [0.1, 0.15) is 34.9 Å². The zero-order chi connectivity index (χ0) is 28.1. The Morgan fingerprint density at radius 1 is 0.900 bits per heavy atom. The van der Waals surface area contributed by atoms with Crippen molar-refractivity contribution >= 4 is 39.9 Å². The zero-order valence-corrected chi connectivity index (χ0v) is 21.8. The number of carbonyl (C=O) groups excluding carboxylic acids is 2. The molecule has 0 saturated carbocycles. The first-order chi connectivity index (χ1) is 19.4. The smallest absolute Gasteiger partial charge is 0.230 e. The van der Waals surface area contributed by atoms with E-state index in [1.807, 2.05) is 6.07 Å². The Morgan fingerprint density at radius 2 is 1.70 bits per heavy atom. The summed E-state index contributed by atoms with van der Waals surface area (Å²) in [4.78, 5) is 30.6. The Morgan fingerprint density at radius 3 is 2.42 bits per heavy atom. The molecule has 4 heterocycles. The predicted octanol–water partition coefficient (Wildman–Crippen LogP) is 3.89. The molecule has 0 atom stereocenters. The standard InChI is InChI=1S/C26H23F3N8O2S/c27-18-4-3-17(23(28)24(18)29)13-22(39)32-26-36-35-25(40-26)16-7-10-37(11-8-16)20-6-5-19(33-34-20)31-21(38)12-15-2-1-9-30-14-15/h1-6,9,14,16H,7-8,10-13H2,(H,31,33,38)(H,32,36,39). The summed E-state index contributed by atoms with van der Waals surface area (Å²) >= 11 is 1.22. The molecule has 0 bridgehead atoms. The normalized spacial score (nSPS) is 13.7. The summed E-state index contributed by atoms with van der Waals surface area (Å²) in [5.74, 6) is -3.95. The topological polar surface area (TPSA) is 126 Å². The number of rotatable bonds is 8. The molecule has 0 unspecified atom stereocenters. The van der Waals surface area contributed by atoms with Crippen molar-refractivity contribution < 1.29 is 22.8 Å². The van der Waals surface area contributed by atoms with Crippen LogP contribution >= 0.6 is 11.3 Å². The van der Waals surface area contributed by atoms with Crippen LogP contribution in [-0.4, -0.2) is 50.3 Å². The van der Waals surface area contributed by atoms with Gasteiger partial charge in [0.25, 0.3) is 0 Å². The molecule has 1 aromatic carbocycles. The van der Waals surface area contributed by atoms with Crippen molar-refractivity contribution in [1.29, 1.82) is 0 Å². The number of anilines is 3. The summed E-state index contributed by atoms with van der Waals surface area (Å²) in [7, 11) is 0. The number of carbonyl (C=O) groups is 2. The lowest BCUT2D eigenvalue weighted by Gasteiger charge is -2.31. The van der Waals surface area contributed by atoms with Gasteiger partial charge in [0.1, 0.15) is 5.01 Å². The highest BCUT2D eigenvalue weighted by atomic mass is 32.1. The Hall–Kier alpha value is -4.46. The van der Waals surface area contributed by atoms with Gasteiger partial charge in [0.15, 0.2) is 29.1 Å². The van der Waals surface area contributed by atoms with Crippen LogP contribution in [0.5, 0.6) is 0 Å². The van der Waals surface area contributed by atoms with E-state index < -0.39 is 29.8 Å². The Kier molecular flexibility index (Phi) is 8.24. The van der Waals surface area contributed by atoms with E-state index in [9.17, 15) is 22.8 Å². The van der Waals surface area contributed by atoms with Gasteiger partial charge < -0.3 is 15.5 Å². The van der Waals surface area contributed by atoms with Crippen LogP contribution in [0.4, 0.5) is 29.9 Å². The maximum absolute atomic E-state index is 13.9. The molecule has 4 aromatic rings. The Balaban J connectivity index is 1.10. The third kappa shape index (κ3) is 6.57. The largest absolute Gasteiger partial charge is 0.355 e. The fraction of sp³-hybridized carbons (Fsp3) is 0.269. The average Bonchev–Trinajstić information content (AvgIpc) is 3.42. The Bertz CT molecular complexity index is 1500. The molecule has 14 heteroatoms.